The number of aryl methyl sites for hydroxylation is 1. The van der Waals surface area contributed by atoms with Crippen LogP contribution in [0.5, 0.6) is 11.5 Å². The third-order valence-electron chi connectivity index (χ3n) is 10.1. The molecule has 11 heteroatoms. The third kappa shape index (κ3) is 6.99. The van der Waals surface area contributed by atoms with Crippen molar-refractivity contribution in [3.63, 3.8) is 0 Å². The first-order valence-corrected chi connectivity index (χ1v) is 16.4. The highest BCUT2D eigenvalue weighted by molar-refractivity contribution is 5.92. The summed E-state index contributed by atoms with van der Waals surface area (Å²) in [5, 5.41) is 16.3. The lowest BCUT2D eigenvalue weighted by molar-refractivity contribution is -0.121. The molecule has 4 bridgehead atoms. The number of carbonyl (C=O) groups excluding carboxylic acids is 2. The predicted octanol–water partition coefficient (Wildman–Crippen LogP) is 4.82. The Kier molecular flexibility index (Phi) is 9.64. The first-order chi connectivity index (χ1) is 23.2. The van der Waals surface area contributed by atoms with E-state index in [1.165, 1.54) is 69.1 Å². The molecule has 4 fully saturated rings. The minimum Gasteiger partial charge on any atom is -0.493 e. The van der Waals surface area contributed by atoms with Crippen molar-refractivity contribution in [2.75, 3.05) is 26.1 Å². The third-order valence-corrected chi connectivity index (χ3v) is 10.1. The molecular weight excluding hydrogens is 610 g/mol. The Morgan fingerprint density at radius 2 is 1.69 bits per heavy atom. The van der Waals surface area contributed by atoms with Crippen molar-refractivity contribution in [2.45, 2.75) is 64.0 Å². The number of methoxy groups -OCH3 is 2. The van der Waals surface area contributed by atoms with Gasteiger partial charge in [0.15, 0.2) is 18.1 Å². The number of hydrazone groups is 1. The maximum Gasteiger partial charge on any atom is 0.269 e. The Morgan fingerprint density at radius 3 is 2.31 bits per heavy atom. The molecule has 0 atom stereocenters. The minimum atomic E-state index is -0.567. The average molecular weight is 652 g/mol. The van der Waals surface area contributed by atoms with Crippen molar-refractivity contribution in [3.05, 3.63) is 86.8 Å². The van der Waals surface area contributed by atoms with Gasteiger partial charge in [0.2, 0.25) is 0 Å². The highest BCUT2D eigenvalue weighted by Gasteiger charge is 2.51. The van der Waals surface area contributed by atoms with Gasteiger partial charge in [0.25, 0.3) is 17.4 Å². The zero-order valence-electron chi connectivity index (χ0n) is 27.6. The average Bonchev–Trinajstić information content (AvgIpc) is 3.06. The Hall–Kier alpha value is -4.95. The van der Waals surface area contributed by atoms with E-state index in [0.29, 0.717) is 33.7 Å². The number of anilines is 1. The number of hydrogen-bond donors (Lipinski definition) is 2. The van der Waals surface area contributed by atoms with Crippen molar-refractivity contribution in [1.82, 2.24) is 9.99 Å². The van der Waals surface area contributed by atoms with Gasteiger partial charge in [-0.25, -0.2) is 5.43 Å². The normalized spacial score (nSPS) is 22.3. The van der Waals surface area contributed by atoms with Crippen LogP contribution in [-0.4, -0.2) is 43.4 Å². The number of ether oxygens (including phenoxy) is 3. The van der Waals surface area contributed by atoms with Crippen molar-refractivity contribution >= 4 is 23.7 Å². The second kappa shape index (κ2) is 14.0. The number of nitrogens with one attached hydrogen (secondary N) is 2. The molecule has 3 aromatic rings. The Balaban J connectivity index is 1.01. The molecule has 2 amide bonds. The topological polar surface area (TPSA) is 144 Å². The molecule has 0 aliphatic heterocycles. The largest absolute Gasteiger partial charge is 0.493 e. The van der Waals surface area contributed by atoms with E-state index in [4.69, 9.17) is 14.2 Å². The molecular formula is C37H41N5O6. The van der Waals surface area contributed by atoms with Crippen molar-refractivity contribution in [1.29, 1.82) is 5.26 Å². The fraction of sp³-hybridized carbons (Fsp3) is 0.432. The molecule has 4 aliphatic carbocycles. The van der Waals surface area contributed by atoms with E-state index in [-0.39, 0.29) is 31.2 Å². The predicted molar refractivity (Wildman–Crippen MR) is 180 cm³/mol. The van der Waals surface area contributed by atoms with Crippen LogP contribution >= 0.6 is 0 Å². The summed E-state index contributed by atoms with van der Waals surface area (Å²) in [6, 6.07) is 17.0. The molecule has 1 aromatic heterocycles. The van der Waals surface area contributed by atoms with E-state index < -0.39 is 11.5 Å². The zero-order valence-corrected chi connectivity index (χ0v) is 27.6. The molecule has 2 aromatic carbocycles. The highest BCUT2D eigenvalue weighted by atomic mass is 16.5. The van der Waals surface area contributed by atoms with Crippen molar-refractivity contribution in [3.8, 4) is 17.6 Å². The summed E-state index contributed by atoms with van der Waals surface area (Å²) in [5.41, 5.74) is 5.84. The monoisotopic (exact) mass is 651 g/mol. The summed E-state index contributed by atoms with van der Waals surface area (Å²) in [6.07, 6.45) is 9.56. The van der Waals surface area contributed by atoms with Crippen LogP contribution in [0.1, 0.15) is 66.5 Å². The molecule has 48 heavy (non-hydrogen) atoms. The fourth-order valence-corrected chi connectivity index (χ4v) is 8.37. The van der Waals surface area contributed by atoms with Crippen LogP contribution in [0, 0.1) is 36.0 Å². The van der Waals surface area contributed by atoms with Gasteiger partial charge in [-0.2, -0.15) is 10.4 Å². The van der Waals surface area contributed by atoms with Crippen LogP contribution < -0.4 is 25.8 Å². The summed E-state index contributed by atoms with van der Waals surface area (Å²) in [6.45, 7) is 1.29. The van der Waals surface area contributed by atoms with Gasteiger partial charge in [-0.05, 0) is 116 Å². The van der Waals surface area contributed by atoms with Gasteiger partial charge in [-0.15, -0.1) is 0 Å². The number of rotatable bonds is 12. The van der Waals surface area contributed by atoms with Gasteiger partial charge in [0.05, 0.1) is 19.9 Å². The summed E-state index contributed by atoms with van der Waals surface area (Å²) in [5.74, 6) is 2.59. The van der Waals surface area contributed by atoms with E-state index in [0.717, 1.165) is 23.4 Å². The van der Waals surface area contributed by atoms with Crippen LogP contribution in [0.25, 0.3) is 0 Å². The molecule has 0 unspecified atom stereocenters. The van der Waals surface area contributed by atoms with Crippen LogP contribution in [0.15, 0.2) is 58.4 Å². The fourth-order valence-electron chi connectivity index (χ4n) is 8.37. The Labute approximate surface area is 279 Å². The molecule has 7 rings (SSSR count). The standard InChI is InChI=1S/C37H41N5O6/c1-23-10-28(21-46-2)31(18-38)36(45)42(23)20-34(43)41-39-19-24-4-9-32(33(14-24)47-3)48-22-35(44)40-30-7-5-29(6-8-30)37-15-25-11-26(16-37)13-27(12-25)17-37/h4-10,14,19,25-27H,11-13,15-17,20-22H2,1-3H3,(H,40,44)(H,41,43). The molecule has 0 saturated heterocycles. The molecule has 250 valence electrons. The second-order valence-corrected chi connectivity index (χ2v) is 13.4. The van der Waals surface area contributed by atoms with Gasteiger partial charge in [0.1, 0.15) is 18.2 Å². The quantitative estimate of drug-likeness (QED) is 0.211. The minimum absolute atomic E-state index is 0.0632. The van der Waals surface area contributed by atoms with E-state index in [1.807, 2.05) is 18.2 Å². The molecule has 0 radical (unpaired) electrons. The van der Waals surface area contributed by atoms with Crippen molar-refractivity contribution in [2.24, 2.45) is 22.9 Å². The van der Waals surface area contributed by atoms with E-state index in [1.54, 1.807) is 31.2 Å². The van der Waals surface area contributed by atoms with Crippen LogP contribution in [0.3, 0.4) is 0 Å². The van der Waals surface area contributed by atoms with Gasteiger partial charge in [-0.1, -0.05) is 12.1 Å². The number of benzene rings is 2. The molecule has 2 N–H and O–H groups in total. The van der Waals surface area contributed by atoms with Gasteiger partial charge in [-0.3, -0.25) is 14.4 Å². The summed E-state index contributed by atoms with van der Waals surface area (Å²) >= 11 is 0. The zero-order chi connectivity index (χ0) is 33.8. The number of nitriles is 1. The number of aromatic nitrogens is 1. The van der Waals surface area contributed by atoms with Crippen LogP contribution in [0.2, 0.25) is 0 Å². The lowest BCUT2D eigenvalue weighted by atomic mass is 9.48. The molecule has 4 aliphatic rings. The maximum absolute atomic E-state index is 12.8. The number of carbonyl (C=O) groups is 2. The van der Waals surface area contributed by atoms with Crippen LogP contribution in [0.4, 0.5) is 5.69 Å². The lowest BCUT2D eigenvalue weighted by Crippen LogP contribution is -2.48. The molecule has 1 heterocycles. The van der Waals surface area contributed by atoms with E-state index >= 15 is 0 Å². The van der Waals surface area contributed by atoms with E-state index in [9.17, 15) is 19.6 Å². The smallest absolute Gasteiger partial charge is 0.269 e. The van der Waals surface area contributed by atoms with Crippen LogP contribution in [-0.2, 0) is 32.9 Å². The van der Waals surface area contributed by atoms with E-state index in [2.05, 4.69) is 28.0 Å². The van der Waals surface area contributed by atoms with Gasteiger partial charge in [0, 0.05) is 24.1 Å². The Morgan fingerprint density at radius 1 is 1.00 bits per heavy atom. The molecule has 0 spiro atoms. The lowest BCUT2D eigenvalue weighted by Gasteiger charge is -2.57. The summed E-state index contributed by atoms with van der Waals surface area (Å²) in [4.78, 5) is 38.0. The number of hydrogen-bond acceptors (Lipinski definition) is 8. The van der Waals surface area contributed by atoms with Crippen molar-refractivity contribution < 1.29 is 23.8 Å². The maximum atomic E-state index is 12.8. The first kappa shape index (κ1) is 33.0. The second-order valence-electron chi connectivity index (χ2n) is 13.4. The SMILES string of the molecule is COCc1cc(C)n(CC(=O)NN=Cc2ccc(OCC(=O)Nc3ccc(C45CC6CC(CC(C6)C4)C5)cc3)c(OC)c2)c(=O)c1C#N. The van der Waals surface area contributed by atoms with Gasteiger partial charge < -0.3 is 24.1 Å². The molecule has 11 nitrogen and oxygen atoms in total. The molecule has 4 saturated carbocycles. The van der Waals surface area contributed by atoms with Gasteiger partial charge >= 0.3 is 0 Å². The first-order valence-electron chi connectivity index (χ1n) is 16.4. The Bertz CT molecular complexity index is 1790. The highest BCUT2D eigenvalue weighted by Crippen LogP contribution is 2.60. The number of amides is 2. The summed E-state index contributed by atoms with van der Waals surface area (Å²) < 4.78 is 17.5. The number of nitrogens with zero attached hydrogens (tertiary/aromatic N) is 3. The summed E-state index contributed by atoms with van der Waals surface area (Å²) in [7, 11) is 2.97. The number of pyridine rings is 1.